The summed E-state index contributed by atoms with van der Waals surface area (Å²) in [5, 5.41) is 4.17. The molecular formula is C15H26N4S. The van der Waals surface area contributed by atoms with E-state index in [1.807, 2.05) is 6.26 Å². The summed E-state index contributed by atoms with van der Waals surface area (Å²) in [7, 11) is 0. The maximum absolute atomic E-state index is 4.71. The molecular weight excluding hydrogens is 268 g/mol. The van der Waals surface area contributed by atoms with Crippen molar-refractivity contribution >= 4 is 23.4 Å². The van der Waals surface area contributed by atoms with Gasteiger partial charge in [0.25, 0.3) is 0 Å². The number of nitrogens with one attached hydrogen (secondary N) is 1. The molecule has 112 valence electrons. The highest BCUT2D eigenvalue weighted by atomic mass is 32.2. The van der Waals surface area contributed by atoms with Gasteiger partial charge in [-0.05, 0) is 38.4 Å². The third-order valence-corrected chi connectivity index (χ3v) is 4.01. The monoisotopic (exact) mass is 294 g/mol. The number of rotatable bonds is 8. The summed E-state index contributed by atoms with van der Waals surface area (Å²) in [5.74, 6) is 2.76. The summed E-state index contributed by atoms with van der Waals surface area (Å²) in [4.78, 5) is 11.7. The zero-order chi connectivity index (χ0) is 14.5. The fourth-order valence-electron chi connectivity index (χ4n) is 2.19. The molecule has 0 bridgehead atoms. The fraction of sp³-hybridized carbons (Fsp3) is 0.733. The van der Waals surface area contributed by atoms with Crippen LogP contribution in [0.4, 0.5) is 11.6 Å². The van der Waals surface area contributed by atoms with Crippen molar-refractivity contribution in [3.8, 4) is 0 Å². The molecule has 0 saturated heterocycles. The van der Waals surface area contributed by atoms with Crippen LogP contribution in [0.15, 0.2) is 11.2 Å². The fourth-order valence-corrected chi connectivity index (χ4v) is 2.57. The molecule has 0 spiro atoms. The summed E-state index contributed by atoms with van der Waals surface area (Å²) < 4.78 is 0. The zero-order valence-electron chi connectivity index (χ0n) is 13.0. The van der Waals surface area contributed by atoms with Gasteiger partial charge in [-0.1, -0.05) is 25.6 Å². The topological polar surface area (TPSA) is 41.0 Å². The quantitative estimate of drug-likeness (QED) is 0.585. The van der Waals surface area contributed by atoms with Gasteiger partial charge in [0.1, 0.15) is 11.6 Å². The molecule has 1 aliphatic rings. The van der Waals surface area contributed by atoms with E-state index in [-0.39, 0.29) is 0 Å². The van der Waals surface area contributed by atoms with Crippen LogP contribution in [0.5, 0.6) is 0 Å². The van der Waals surface area contributed by atoms with Crippen LogP contribution in [-0.4, -0.2) is 35.4 Å². The molecule has 0 unspecified atom stereocenters. The molecule has 0 aromatic carbocycles. The average molecular weight is 294 g/mol. The highest BCUT2D eigenvalue weighted by molar-refractivity contribution is 7.98. The third-order valence-electron chi connectivity index (χ3n) is 3.46. The van der Waals surface area contributed by atoms with E-state index in [0.29, 0.717) is 6.04 Å². The van der Waals surface area contributed by atoms with Crippen LogP contribution in [0.25, 0.3) is 0 Å². The molecule has 0 aliphatic heterocycles. The van der Waals surface area contributed by atoms with Gasteiger partial charge in [-0.25, -0.2) is 9.97 Å². The Bertz CT molecular complexity index is 432. The van der Waals surface area contributed by atoms with E-state index >= 15 is 0 Å². The van der Waals surface area contributed by atoms with Gasteiger partial charge in [0.05, 0.1) is 0 Å². The lowest BCUT2D eigenvalue weighted by Gasteiger charge is -2.25. The van der Waals surface area contributed by atoms with Gasteiger partial charge in [0.15, 0.2) is 5.16 Å². The first-order chi connectivity index (χ1) is 9.63. The Balaban J connectivity index is 2.19. The Kier molecular flexibility index (Phi) is 5.52. The summed E-state index contributed by atoms with van der Waals surface area (Å²) in [6, 6.07) is 2.79. The highest BCUT2D eigenvalue weighted by Gasteiger charge is 2.30. The van der Waals surface area contributed by atoms with E-state index in [1.165, 1.54) is 19.3 Å². The standard InChI is InChI=1S/C15H26N4S/c1-5-16-13-10-14(18-15(17-13)20-4)19(12-6-7-12)9-8-11(2)3/h10-12H,5-9H2,1-4H3,(H,16,17,18). The SMILES string of the molecule is CCNc1cc(N(CCC(C)C)C2CC2)nc(SC)n1. The number of hydrogen-bond acceptors (Lipinski definition) is 5. The minimum absolute atomic E-state index is 0.688. The molecule has 0 amide bonds. The van der Waals surface area contributed by atoms with Crippen molar-refractivity contribution in [3.63, 3.8) is 0 Å². The molecule has 0 atom stereocenters. The van der Waals surface area contributed by atoms with E-state index in [1.54, 1.807) is 11.8 Å². The molecule has 4 nitrogen and oxygen atoms in total. The second-order valence-corrected chi connectivity index (χ2v) is 6.51. The first-order valence-corrected chi connectivity index (χ1v) is 8.80. The summed E-state index contributed by atoms with van der Waals surface area (Å²) in [6.07, 6.45) is 5.84. The van der Waals surface area contributed by atoms with Crippen molar-refractivity contribution in [3.05, 3.63) is 6.07 Å². The zero-order valence-corrected chi connectivity index (χ0v) is 13.8. The van der Waals surface area contributed by atoms with Crippen LogP contribution in [-0.2, 0) is 0 Å². The van der Waals surface area contributed by atoms with Crippen molar-refractivity contribution < 1.29 is 0 Å². The molecule has 1 saturated carbocycles. The number of anilines is 2. The maximum atomic E-state index is 4.71. The van der Waals surface area contributed by atoms with E-state index in [9.17, 15) is 0 Å². The Labute approximate surface area is 126 Å². The lowest BCUT2D eigenvalue weighted by molar-refractivity contribution is 0.567. The first kappa shape index (κ1) is 15.4. The minimum atomic E-state index is 0.688. The Morgan fingerprint density at radius 3 is 2.70 bits per heavy atom. The highest BCUT2D eigenvalue weighted by Crippen LogP contribution is 2.32. The smallest absolute Gasteiger partial charge is 0.191 e. The molecule has 5 heteroatoms. The average Bonchev–Trinajstić information content (AvgIpc) is 3.23. The van der Waals surface area contributed by atoms with Gasteiger partial charge in [-0.3, -0.25) is 0 Å². The predicted molar refractivity (Wildman–Crippen MR) is 87.8 cm³/mol. The second-order valence-electron chi connectivity index (χ2n) is 5.74. The second kappa shape index (κ2) is 7.16. The Morgan fingerprint density at radius 2 is 2.15 bits per heavy atom. The lowest BCUT2D eigenvalue weighted by Crippen LogP contribution is -2.29. The van der Waals surface area contributed by atoms with Gasteiger partial charge in [0, 0.05) is 25.2 Å². The predicted octanol–water partition coefficient (Wildman–Crippen LogP) is 3.65. The molecule has 1 N–H and O–H groups in total. The van der Waals surface area contributed by atoms with Crippen molar-refractivity contribution in [2.24, 2.45) is 5.92 Å². The van der Waals surface area contributed by atoms with E-state index < -0.39 is 0 Å². The normalized spacial score (nSPS) is 14.7. The number of aromatic nitrogens is 2. The maximum Gasteiger partial charge on any atom is 0.191 e. The lowest BCUT2D eigenvalue weighted by atomic mass is 10.1. The molecule has 1 aromatic heterocycles. The van der Waals surface area contributed by atoms with Crippen LogP contribution >= 0.6 is 11.8 Å². The van der Waals surface area contributed by atoms with Crippen molar-refractivity contribution in [2.75, 3.05) is 29.6 Å². The molecule has 1 aromatic rings. The van der Waals surface area contributed by atoms with Gasteiger partial charge in [-0.15, -0.1) is 0 Å². The molecule has 1 fully saturated rings. The molecule has 20 heavy (non-hydrogen) atoms. The Morgan fingerprint density at radius 1 is 1.40 bits per heavy atom. The van der Waals surface area contributed by atoms with Crippen LogP contribution in [0.3, 0.4) is 0 Å². The molecule has 1 aliphatic carbocycles. The van der Waals surface area contributed by atoms with E-state index in [2.05, 4.69) is 42.0 Å². The third kappa shape index (κ3) is 4.27. The van der Waals surface area contributed by atoms with Crippen LogP contribution in [0.1, 0.15) is 40.0 Å². The van der Waals surface area contributed by atoms with E-state index in [4.69, 9.17) is 4.98 Å². The molecule has 0 radical (unpaired) electrons. The summed E-state index contributed by atoms with van der Waals surface area (Å²) in [6.45, 7) is 8.64. The number of thioether (sulfide) groups is 1. The van der Waals surface area contributed by atoms with Gasteiger partial charge < -0.3 is 10.2 Å². The van der Waals surface area contributed by atoms with Crippen molar-refractivity contribution in [1.82, 2.24) is 9.97 Å². The van der Waals surface area contributed by atoms with E-state index in [0.717, 1.165) is 35.8 Å². The minimum Gasteiger partial charge on any atom is -0.370 e. The van der Waals surface area contributed by atoms with Crippen molar-refractivity contribution in [1.29, 1.82) is 0 Å². The first-order valence-electron chi connectivity index (χ1n) is 7.57. The van der Waals surface area contributed by atoms with Gasteiger partial charge in [0.2, 0.25) is 0 Å². The van der Waals surface area contributed by atoms with Crippen LogP contribution in [0.2, 0.25) is 0 Å². The van der Waals surface area contributed by atoms with Crippen LogP contribution < -0.4 is 10.2 Å². The molecule has 1 heterocycles. The largest absolute Gasteiger partial charge is 0.370 e. The van der Waals surface area contributed by atoms with Gasteiger partial charge in [-0.2, -0.15) is 0 Å². The number of hydrogen-bond donors (Lipinski definition) is 1. The van der Waals surface area contributed by atoms with Crippen LogP contribution in [0, 0.1) is 5.92 Å². The molecule has 2 rings (SSSR count). The van der Waals surface area contributed by atoms with Gasteiger partial charge >= 0.3 is 0 Å². The number of nitrogens with zero attached hydrogens (tertiary/aromatic N) is 3. The van der Waals surface area contributed by atoms with Crippen molar-refractivity contribution in [2.45, 2.75) is 51.2 Å². The Hall–Kier alpha value is -0.970. The summed E-state index contributed by atoms with van der Waals surface area (Å²) in [5.41, 5.74) is 0. The summed E-state index contributed by atoms with van der Waals surface area (Å²) >= 11 is 1.61.